The van der Waals surface area contributed by atoms with E-state index in [2.05, 4.69) is 9.97 Å². The second-order valence-electron chi connectivity index (χ2n) is 3.55. The number of nitrogen functional groups attached to an aromatic ring is 1. The van der Waals surface area contributed by atoms with E-state index >= 15 is 0 Å². The van der Waals surface area contributed by atoms with Crippen LogP contribution in [-0.2, 0) is 4.74 Å². The summed E-state index contributed by atoms with van der Waals surface area (Å²) in [6.45, 7) is 4.52. The van der Waals surface area contributed by atoms with Crippen LogP contribution in [0.15, 0.2) is 29.1 Å². The summed E-state index contributed by atoms with van der Waals surface area (Å²) >= 11 is 0. The van der Waals surface area contributed by atoms with Crippen LogP contribution in [0.4, 0.5) is 5.82 Å². The molecule has 0 atom stereocenters. The van der Waals surface area contributed by atoms with Crippen molar-refractivity contribution in [2.75, 3.05) is 19.5 Å². The van der Waals surface area contributed by atoms with Crippen LogP contribution in [0.25, 0.3) is 17.0 Å². The normalized spacial score (nSPS) is 10.5. The highest BCUT2D eigenvalue weighted by molar-refractivity contribution is 5.95. The number of nitrogens with one attached hydrogen (secondary N) is 1. The van der Waals surface area contributed by atoms with Crippen molar-refractivity contribution in [2.24, 2.45) is 0 Å². The maximum absolute atomic E-state index is 11.2. The highest BCUT2D eigenvalue weighted by atomic mass is 16.5. The average Bonchev–Trinajstić information content (AvgIpc) is 2.40. The number of hydrogen-bond donors (Lipinski definition) is 2. The van der Waals surface area contributed by atoms with E-state index in [1.54, 1.807) is 13.2 Å². The van der Waals surface area contributed by atoms with E-state index < -0.39 is 5.69 Å². The molecular weight excluding hydrogens is 242 g/mol. The van der Waals surface area contributed by atoms with Crippen LogP contribution in [0.3, 0.4) is 0 Å². The van der Waals surface area contributed by atoms with E-state index in [1.165, 1.54) is 0 Å². The molecule has 0 fully saturated rings. The van der Waals surface area contributed by atoms with Gasteiger partial charge in [0.1, 0.15) is 5.82 Å². The quantitative estimate of drug-likeness (QED) is 0.887. The van der Waals surface area contributed by atoms with Crippen molar-refractivity contribution in [1.29, 1.82) is 0 Å². The number of fused-ring (bicyclic) bond motifs is 1. The third-order valence-electron chi connectivity index (χ3n) is 2.38. The maximum Gasteiger partial charge on any atom is 0.347 e. The number of nitrogens with two attached hydrogens (primary N) is 1. The van der Waals surface area contributed by atoms with Gasteiger partial charge in [-0.15, -0.1) is 0 Å². The van der Waals surface area contributed by atoms with Crippen molar-refractivity contribution in [3.63, 3.8) is 0 Å². The van der Waals surface area contributed by atoms with Gasteiger partial charge in [-0.1, -0.05) is 38.1 Å². The predicted octanol–water partition coefficient (Wildman–Crippen LogP) is 2.19. The first-order chi connectivity index (χ1) is 9.22. The summed E-state index contributed by atoms with van der Waals surface area (Å²) in [5.74, 6) is 0.237. The molecule has 3 N–H and O–H groups in total. The second kappa shape index (κ2) is 7.33. The van der Waals surface area contributed by atoms with Crippen LogP contribution < -0.4 is 11.4 Å². The van der Waals surface area contributed by atoms with Gasteiger partial charge in [0, 0.05) is 12.5 Å². The summed E-state index contributed by atoms with van der Waals surface area (Å²) in [6.07, 6.45) is 3.77. The highest BCUT2D eigenvalue weighted by Gasteiger charge is 2.04. The molecule has 2 aromatic rings. The van der Waals surface area contributed by atoms with Gasteiger partial charge in [0.2, 0.25) is 0 Å². The second-order valence-corrected chi connectivity index (χ2v) is 3.55. The van der Waals surface area contributed by atoms with Crippen LogP contribution in [0.1, 0.15) is 19.4 Å². The monoisotopic (exact) mass is 261 g/mol. The van der Waals surface area contributed by atoms with E-state index in [1.807, 2.05) is 38.1 Å². The van der Waals surface area contributed by atoms with Crippen LogP contribution >= 0.6 is 0 Å². The fourth-order valence-electron chi connectivity index (χ4n) is 1.68. The Balaban J connectivity index is 0.000000861. The summed E-state index contributed by atoms with van der Waals surface area (Å²) in [5, 5.41) is 0.749. The van der Waals surface area contributed by atoms with Gasteiger partial charge in [0.25, 0.3) is 0 Å². The number of anilines is 1. The number of nitrogens with zero attached hydrogens (tertiary/aromatic N) is 1. The zero-order chi connectivity index (χ0) is 14.3. The lowest BCUT2D eigenvalue weighted by molar-refractivity contribution is 0.234. The van der Waals surface area contributed by atoms with Gasteiger partial charge in [-0.2, -0.15) is 4.98 Å². The van der Waals surface area contributed by atoms with Crippen LogP contribution in [0.2, 0.25) is 0 Å². The molecule has 1 aromatic heterocycles. The molecule has 2 rings (SSSR count). The lowest BCUT2D eigenvalue weighted by Gasteiger charge is -2.04. The molecule has 0 bridgehead atoms. The van der Waals surface area contributed by atoms with Crippen LogP contribution in [0.5, 0.6) is 0 Å². The Kier molecular flexibility index (Phi) is 5.75. The Bertz CT molecular complexity index is 618. The Morgan fingerprint density at radius 3 is 2.84 bits per heavy atom. The van der Waals surface area contributed by atoms with Crippen LogP contribution in [-0.4, -0.2) is 23.7 Å². The molecule has 0 aliphatic carbocycles. The molecule has 0 aliphatic heterocycles. The first kappa shape index (κ1) is 14.9. The molecule has 19 heavy (non-hydrogen) atoms. The topological polar surface area (TPSA) is 81.0 Å². The maximum atomic E-state index is 11.2. The van der Waals surface area contributed by atoms with Gasteiger partial charge in [-0.3, -0.25) is 0 Å². The molecule has 5 heteroatoms. The van der Waals surface area contributed by atoms with Crippen molar-refractivity contribution in [1.82, 2.24) is 9.97 Å². The third kappa shape index (κ3) is 3.66. The van der Waals surface area contributed by atoms with E-state index in [4.69, 9.17) is 10.5 Å². The third-order valence-corrected chi connectivity index (χ3v) is 2.38. The molecule has 1 aromatic carbocycles. The van der Waals surface area contributed by atoms with E-state index in [0.29, 0.717) is 12.1 Å². The lowest BCUT2D eigenvalue weighted by atomic mass is 10.1. The standard InChI is InChI=1S/C12H13N3O2.C2H6/c1-17-7-3-5-8-4-2-6-9-10(8)11(13)15-12(16)14-9;1-2/h2-6H,7H2,1H3,(H3,13,14,15,16);1-2H3/b5-3+;. The van der Waals surface area contributed by atoms with E-state index in [9.17, 15) is 4.79 Å². The minimum Gasteiger partial charge on any atom is -0.383 e. The average molecular weight is 261 g/mol. The zero-order valence-electron chi connectivity index (χ0n) is 11.4. The van der Waals surface area contributed by atoms with Crippen molar-refractivity contribution in [2.45, 2.75) is 13.8 Å². The molecule has 1 heterocycles. The van der Waals surface area contributed by atoms with Crippen molar-refractivity contribution in [3.05, 3.63) is 40.3 Å². The summed E-state index contributed by atoms with van der Waals surface area (Å²) in [7, 11) is 1.63. The van der Waals surface area contributed by atoms with Gasteiger partial charge in [0.15, 0.2) is 0 Å². The fourth-order valence-corrected chi connectivity index (χ4v) is 1.68. The first-order valence-corrected chi connectivity index (χ1v) is 6.16. The van der Waals surface area contributed by atoms with Gasteiger partial charge in [-0.05, 0) is 11.6 Å². The van der Waals surface area contributed by atoms with Crippen LogP contribution in [0, 0.1) is 0 Å². The fraction of sp³-hybridized carbons (Fsp3) is 0.286. The number of hydrogen-bond acceptors (Lipinski definition) is 4. The number of benzene rings is 1. The number of rotatable bonds is 3. The molecular formula is C14H19N3O2. The van der Waals surface area contributed by atoms with Gasteiger partial charge >= 0.3 is 5.69 Å². The van der Waals surface area contributed by atoms with Crippen molar-refractivity contribution in [3.8, 4) is 0 Å². The number of methoxy groups -OCH3 is 1. The Labute approximate surface area is 112 Å². The van der Waals surface area contributed by atoms with E-state index in [-0.39, 0.29) is 5.82 Å². The number of aromatic amines is 1. The lowest BCUT2D eigenvalue weighted by Crippen LogP contribution is -2.12. The molecule has 0 spiro atoms. The smallest absolute Gasteiger partial charge is 0.347 e. The largest absolute Gasteiger partial charge is 0.383 e. The Morgan fingerprint density at radius 2 is 2.16 bits per heavy atom. The Hall–Kier alpha value is -2.14. The summed E-state index contributed by atoms with van der Waals surface area (Å²) in [5.41, 5.74) is 6.91. The predicted molar refractivity (Wildman–Crippen MR) is 79.0 cm³/mol. The molecule has 0 amide bonds. The molecule has 0 saturated carbocycles. The molecule has 0 aliphatic rings. The summed E-state index contributed by atoms with van der Waals surface area (Å²) < 4.78 is 4.93. The Morgan fingerprint density at radius 1 is 1.42 bits per heavy atom. The number of aromatic nitrogens is 2. The van der Waals surface area contributed by atoms with Crippen molar-refractivity contribution < 1.29 is 4.74 Å². The number of H-pyrrole nitrogens is 1. The van der Waals surface area contributed by atoms with Gasteiger partial charge in [0.05, 0.1) is 12.1 Å². The summed E-state index contributed by atoms with van der Waals surface area (Å²) in [4.78, 5) is 17.5. The molecule has 102 valence electrons. The SMILES string of the molecule is CC.COC/C=C/c1cccc2[nH]c(=O)nc(N)c12. The molecule has 0 unspecified atom stereocenters. The number of ether oxygens (including phenoxy) is 1. The van der Waals surface area contributed by atoms with E-state index in [0.717, 1.165) is 10.9 Å². The zero-order valence-corrected chi connectivity index (χ0v) is 11.4. The molecule has 0 radical (unpaired) electrons. The highest BCUT2D eigenvalue weighted by Crippen LogP contribution is 2.21. The van der Waals surface area contributed by atoms with Crippen molar-refractivity contribution >= 4 is 22.8 Å². The molecule has 0 saturated heterocycles. The first-order valence-electron chi connectivity index (χ1n) is 6.16. The minimum atomic E-state index is -0.437. The van der Waals surface area contributed by atoms with Gasteiger partial charge in [-0.25, -0.2) is 4.79 Å². The minimum absolute atomic E-state index is 0.237. The summed E-state index contributed by atoms with van der Waals surface area (Å²) in [6, 6.07) is 5.55. The molecule has 5 nitrogen and oxygen atoms in total. The van der Waals surface area contributed by atoms with Gasteiger partial charge < -0.3 is 15.5 Å².